The summed E-state index contributed by atoms with van der Waals surface area (Å²) in [6.07, 6.45) is 2.41. The number of aromatic nitrogens is 1. The highest BCUT2D eigenvalue weighted by atomic mass is 32.2. The van der Waals surface area contributed by atoms with Gasteiger partial charge in [0.1, 0.15) is 10.5 Å². The summed E-state index contributed by atoms with van der Waals surface area (Å²) in [5.74, 6) is 0.0260. The molecule has 0 saturated heterocycles. The molecule has 1 aromatic heterocycles. The number of rotatable bonds is 2. The molecule has 0 spiro atoms. The smallest absolute Gasteiger partial charge is 0.158 e. The Morgan fingerprint density at radius 3 is 2.29 bits per heavy atom. The van der Waals surface area contributed by atoms with Crippen molar-refractivity contribution in [1.29, 1.82) is 0 Å². The van der Waals surface area contributed by atoms with E-state index in [9.17, 15) is 8.42 Å². The van der Waals surface area contributed by atoms with Crippen molar-refractivity contribution in [2.45, 2.75) is 18.6 Å². The first-order chi connectivity index (χ1) is 6.25. The fourth-order valence-electron chi connectivity index (χ4n) is 0.932. The van der Waals surface area contributed by atoms with E-state index in [2.05, 4.69) is 4.98 Å². The van der Waals surface area contributed by atoms with E-state index < -0.39 is 14.6 Å². The molecule has 5 heteroatoms. The Morgan fingerprint density at radius 1 is 1.36 bits per heavy atom. The lowest BCUT2D eigenvalue weighted by Crippen LogP contribution is -2.28. The van der Waals surface area contributed by atoms with Crippen molar-refractivity contribution < 1.29 is 13.5 Å². The third-order valence-corrected chi connectivity index (χ3v) is 4.35. The van der Waals surface area contributed by atoms with Gasteiger partial charge in [-0.3, -0.25) is 4.98 Å². The summed E-state index contributed by atoms with van der Waals surface area (Å²) in [6.45, 7) is 3.17. The first-order valence-corrected chi connectivity index (χ1v) is 5.99. The van der Waals surface area contributed by atoms with Gasteiger partial charge in [0.15, 0.2) is 9.84 Å². The lowest BCUT2D eigenvalue weighted by Gasteiger charge is -2.21. The minimum absolute atomic E-state index is 0.0260. The van der Waals surface area contributed by atoms with E-state index in [0.717, 1.165) is 0 Å². The van der Waals surface area contributed by atoms with Gasteiger partial charge in [-0.2, -0.15) is 0 Å². The van der Waals surface area contributed by atoms with Gasteiger partial charge in [0, 0.05) is 6.26 Å². The first-order valence-electron chi connectivity index (χ1n) is 4.10. The van der Waals surface area contributed by atoms with Gasteiger partial charge in [0.2, 0.25) is 0 Å². The van der Waals surface area contributed by atoms with E-state index in [1.165, 1.54) is 24.6 Å². The SMILES string of the molecule is CC(C)(c1ccc(O)cn1)S(C)(=O)=O. The Labute approximate surface area is 83.5 Å². The molecule has 1 heterocycles. The Kier molecular flexibility index (Phi) is 2.54. The minimum Gasteiger partial charge on any atom is -0.506 e. The van der Waals surface area contributed by atoms with Crippen LogP contribution >= 0.6 is 0 Å². The molecule has 0 fully saturated rings. The normalized spacial score (nSPS) is 12.8. The van der Waals surface area contributed by atoms with E-state index in [0.29, 0.717) is 5.69 Å². The van der Waals surface area contributed by atoms with Crippen LogP contribution in [0.1, 0.15) is 19.5 Å². The van der Waals surface area contributed by atoms with E-state index >= 15 is 0 Å². The van der Waals surface area contributed by atoms with Crippen LogP contribution in [0.25, 0.3) is 0 Å². The van der Waals surface area contributed by atoms with Crippen LogP contribution in [-0.2, 0) is 14.6 Å². The van der Waals surface area contributed by atoms with Crippen LogP contribution in [0.15, 0.2) is 18.3 Å². The van der Waals surface area contributed by atoms with Gasteiger partial charge in [-0.1, -0.05) is 0 Å². The predicted molar refractivity (Wildman–Crippen MR) is 53.8 cm³/mol. The van der Waals surface area contributed by atoms with Gasteiger partial charge in [-0.25, -0.2) is 8.42 Å². The number of pyridine rings is 1. The molecule has 0 aromatic carbocycles. The molecule has 4 nitrogen and oxygen atoms in total. The molecule has 14 heavy (non-hydrogen) atoms. The maximum absolute atomic E-state index is 11.4. The highest BCUT2D eigenvalue weighted by molar-refractivity contribution is 7.91. The van der Waals surface area contributed by atoms with E-state index in [4.69, 9.17) is 5.11 Å². The molecule has 0 bridgehead atoms. The second-order valence-electron chi connectivity index (χ2n) is 3.68. The number of aromatic hydroxyl groups is 1. The van der Waals surface area contributed by atoms with Gasteiger partial charge in [0.25, 0.3) is 0 Å². The molecule has 0 aliphatic carbocycles. The number of nitrogens with zero attached hydrogens (tertiary/aromatic N) is 1. The molecular formula is C9H13NO3S. The molecule has 0 unspecified atom stereocenters. The zero-order valence-corrected chi connectivity index (χ0v) is 9.17. The van der Waals surface area contributed by atoms with Gasteiger partial charge < -0.3 is 5.11 Å². The minimum atomic E-state index is -3.21. The van der Waals surface area contributed by atoms with E-state index in [1.54, 1.807) is 13.8 Å². The molecule has 0 atom stereocenters. The molecule has 0 aliphatic heterocycles. The molecule has 78 valence electrons. The van der Waals surface area contributed by atoms with Crippen molar-refractivity contribution in [3.63, 3.8) is 0 Å². The van der Waals surface area contributed by atoms with Crippen LogP contribution in [0.4, 0.5) is 0 Å². The largest absolute Gasteiger partial charge is 0.506 e. The first kappa shape index (κ1) is 11.0. The molecule has 0 saturated carbocycles. The number of hydrogen-bond donors (Lipinski definition) is 1. The molecule has 0 radical (unpaired) electrons. The fraction of sp³-hybridized carbons (Fsp3) is 0.444. The zero-order valence-electron chi connectivity index (χ0n) is 8.35. The summed E-state index contributed by atoms with van der Waals surface area (Å²) >= 11 is 0. The molecule has 0 aliphatic rings. The van der Waals surface area contributed by atoms with Crippen molar-refractivity contribution in [2.24, 2.45) is 0 Å². The average Bonchev–Trinajstić information content (AvgIpc) is 2.03. The standard InChI is InChI=1S/C9H13NO3S/c1-9(2,14(3,12)13)8-5-4-7(11)6-10-8/h4-6,11H,1-3H3. The summed E-state index contributed by atoms with van der Waals surface area (Å²) in [5.41, 5.74) is 0.429. The van der Waals surface area contributed by atoms with Crippen LogP contribution in [0, 0.1) is 0 Å². The van der Waals surface area contributed by atoms with Crippen molar-refractivity contribution in [2.75, 3.05) is 6.26 Å². The van der Waals surface area contributed by atoms with Crippen LogP contribution in [0.5, 0.6) is 5.75 Å². The second-order valence-corrected chi connectivity index (χ2v) is 6.25. The highest BCUT2D eigenvalue weighted by Crippen LogP contribution is 2.27. The Hall–Kier alpha value is -1.10. The quantitative estimate of drug-likeness (QED) is 0.801. The maximum Gasteiger partial charge on any atom is 0.158 e. The molecular weight excluding hydrogens is 202 g/mol. The van der Waals surface area contributed by atoms with E-state index in [1.807, 2.05) is 0 Å². The van der Waals surface area contributed by atoms with Crippen molar-refractivity contribution in [1.82, 2.24) is 4.98 Å². The molecule has 1 rings (SSSR count). The summed E-state index contributed by atoms with van der Waals surface area (Å²) in [7, 11) is -3.21. The lowest BCUT2D eigenvalue weighted by molar-refractivity contribution is 0.470. The molecule has 1 aromatic rings. The number of hydrogen-bond acceptors (Lipinski definition) is 4. The van der Waals surface area contributed by atoms with Crippen LogP contribution in [-0.4, -0.2) is 24.8 Å². The average molecular weight is 215 g/mol. The summed E-state index contributed by atoms with van der Waals surface area (Å²) in [6, 6.07) is 2.94. The van der Waals surface area contributed by atoms with Gasteiger partial charge in [0.05, 0.1) is 11.9 Å². The summed E-state index contributed by atoms with van der Waals surface area (Å²) < 4.78 is 21.8. The topological polar surface area (TPSA) is 67.3 Å². The Morgan fingerprint density at radius 2 is 1.93 bits per heavy atom. The summed E-state index contributed by atoms with van der Waals surface area (Å²) in [4.78, 5) is 3.89. The third-order valence-electron chi connectivity index (χ3n) is 2.29. The van der Waals surface area contributed by atoms with Crippen molar-refractivity contribution >= 4 is 9.84 Å². The van der Waals surface area contributed by atoms with Gasteiger partial charge >= 0.3 is 0 Å². The maximum atomic E-state index is 11.4. The van der Waals surface area contributed by atoms with Crippen molar-refractivity contribution in [3.8, 4) is 5.75 Å². The van der Waals surface area contributed by atoms with Crippen LogP contribution < -0.4 is 0 Å². The fourth-order valence-corrected chi connectivity index (χ4v) is 1.43. The monoisotopic (exact) mass is 215 g/mol. The molecule has 0 amide bonds. The second kappa shape index (κ2) is 3.24. The van der Waals surface area contributed by atoms with Gasteiger partial charge in [-0.05, 0) is 26.0 Å². The van der Waals surface area contributed by atoms with Crippen LogP contribution in [0.3, 0.4) is 0 Å². The summed E-state index contributed by atoms with van der Waals surface area (Å²) in [5, 5.41) is 9.01. The Bertz CT molecular complexity index is 420. The lowest BCUT2D eigenvalue weighted by atomic mass is 10.1. The highest BCUT2D eigenvalue weighted by Gasteiger charge is 2.33. The third kappa shape index (κ3) is 1.87. The number of sulfone groups is 1. The predicted octanol–water partition coefficient (Wildman–Crippen LogP) is 1.07. The Balaban J connectivity index is 3.24. The van der Waals surface area contributed by atoms with Gasteiger partial charge in [-0.15, -0.1) is 0 Å². The van der Waals surface area contributed by atoms with Crippen molar-refractivity contribution in [3.05, 3.63) is 24.0 Å². The van der Waals surface area contributed by atoms with E-state index in [-0.39, 0.29) is 5.75 Å². The molecule has 1 N–H and O–H groups in total. The van der Waals surface area contributed by atoms with Crippen LogP contribution in [0.2, 0.25) is 0 Å². The zero-order chi connectivity index (χ0) is 11.0.